The average Bonchev–Trinajstić information content (AvgIpc) is 3.17. The summed E-state index contributed by atoms with van der Waals surface area (Å²) < 4.78 is 6.22. The first kappa shape index (κ1) is 20.6. The molecule has 2 bridgehead atoms. The van der Waals surface area contributed by atoms with Gasteiger partial charge < -0.3 is 26.0 Å². The zero-order valence-electron chi connectivity index (χ0n) is 18.5. The van der Waals surface area contributed by atoms with Crippen molar-refractivity contribution in [1.82, 2.24) is 4.90 Å². The number of nitrogens with one attached hydrogen (secondary N) is 1. The lowest BCUT2D eigenvalue weighted by Crippen LogP contribution is -2.65. The molecular formula is C26H30N4O3. The predicted octanol–water partition coefficient (Wildman–Crippen LogP) is 2.39. The molecule has 1 spiro atoms. The highest BCUT2D eigenvalue weighted by Crippen LogP contribution is 2.62. The monoisotopic (exact) mass is 446 g/mol. The van der Waals surface area contributed by atoms with E-state index in [2.05, 4.69) is 21.3 Å². The third kappa shape index (κ3) is 3.14. The van der Waals surface area contributed by atoms with E-state index in [0.717, 1.165) is 43.6 Å². The quantitative estimate of drug-likeness (QED) is 0.243. The van der Waals surface area contributed by atoms with Gasteiger partial charge in [0.05, 0.1) is 0 Å². The fraction of sp³-hybridized carbons (Fsp3) is 0.423. The van der Waals surface area contributed by atoms with Crippen LogP contribution in [-0.4, -0.2) is 59.0 Å². The second kappa shape index (κ2) is 7.78. The van der Waals surface area contributed by atoms with Crippen LogP contribution in [0.3, 0.4) is 0 Å². The van der Waals surface area contributed by atoms with Gasteiger partial charge >= 0.3 is 0 Å². The van der Waals surface area contributed by atoms with E-state index in [1.54, 1.807) is 6.07 Å². The number of likely N-dealkylation sites (tertiary alicyclic amines) is 1. The molecule has 1 fully saturated rings. The summed E-state index contributed by atoms with van der Waals surface area (Å²) in [5.74, 6) is 1.48. The van der Waals surface area contributed by atoms with E-state index in [0.29, 0.717) is 24.3 Å². The Labute approximate surface area is 193 Å². The van der Waals surface area contributed by atoms with Crippen LogP contribution in [-0.2, 0) is 11.8 Å². The van der Waals surface area contributed by atoms with Crippen molar-refractivity contribution in [1.29, 1.82) is 0 Å². The molecule has 4 aliphatic rings. The van der Waals surface area contributed by atoms with Crippen LogP contribution in [0, 0.1) is 5.92 Å². The molecule has 33 heavy (non-hydrogen) atoms. The van der Waals surface area contributed by atoms with Gasteiger partial charge in [-0.15, -0.1) is 0 Å². The number of piperidine rings is 1. The number of benzene rings is 2. The minimum absolute atomic E-state index is 0.184. The topological polar surface area (TPSA) is 103 Å². The van der Waals surface area contributed by atoms with Crippen LogP contribution in [0.4, 0.5) is 5.69 Å². The molecule has 5 atom stereocenters. The summed E-state index contributed by atoms with van der Waals surface area (Å²) in [6, 6.07) is 13.9. The number of aliphatic hydroxyl groups is 1. The van der Waals surface area contributed by atoms with Gasteiger partial charge in [0.15, 0.2) is 17.5 Å². The molecule has 7 heteroatoms. The van der Waals surface area contributed by atoms with Crippen LogP contribution in [0.5, 0.6) is 11.5 Å². The number of aromatic hydroxyl groups is 1. The zero-order chi connectivity index (χ0) is 22.6. The number of ether oxygens (including phenoxy) is 1. The molecule has 0 radical (unpaired) electrons. The Morgan fingerprint density at radius 2 is 2.06 bits per heavy atom. The number of nitrogens with zero attached hydrogens (tertiary/aromatic N) is 2. The largest absolute Gasteiger partial charge is 0.504 e. The standard InChI is InChI=1S/C26H30N4O3/c27-25(29-17-5-2-1-3-6-17)28-12-4-13-30-14-11-26-18-8-10-21(32)24(26)33-23-20(31)9-7-16(22(23)26)15-19(18)30/h1-3,5-10,18-19,21,24,31-32H,4,11-15H2,(H3,27,28,29)/t18?,19-,21+,24+,26+/m1/s1. The lowest BCUT2D eigenvalue weighted by molar-refractivity contribution is -0.0516. The number of para-hydroxylation sites is 1. The first-order chi connectivity index (χ1) is 16.1. The molecule has 1 unspecified atom stereocenters. The molecule has 6 rings (SSSR count). The number of hydrogen-bond donors (Lipinski definition) is 4. The van der Waals surface area contributed by atoms with Crippen molar-refractivity contribution in [2.24, 2.45) is 16.6 Å². The maximum absolute atomic E-state index is 10.7. The Kier molecular flexibility index (Phi) is 4.85. The lowest BCUT2D eigenvalue weighted by atomic mass is 9.53. The number of guanidine groups is 1. The van der Waals surface area contributed by atoms with Gasteiger partial charge in [-0.1, -0.05) is 36.4 Å². The second-order valence-electron chi connectivity index (χ2n) is 9.60. The number of hydrogen-bond acceptors (Lipinski definition) is 5. The van der Waals surface area contributed by atoms with Crippen LogP contribution in [0.25, 0.3) is 0 Å². The van der Waals surface area contributed by atoms with Gasteiger partial charge in [-0.05, 0) is 49.6 Å². The van der Waals surface area contributed by atoms with Crippen molar-refractivity contribution < 1.29 is 14.9 Å². The van der Waals surface area contributed by atoms with E-state index in [1.165, 1.54) is 5.56 Å². The molecule has 2 heterocycles. The van der Waals surface area contributed by atoms with Crippen molar-refractivity contribution in [3.8, 4) is 11.5 Å². The van der Waals surface area contributed by atoms with E-state index in [4.69, 9.17) is 10.5 Å². The molecule has 0 aromatic heterocycles. The molecule has 0 saturated carbocycles. The molecular weight excluding hydrogens is 416 g/mol. The predicted molar refractivity (Wildman–Crippen MR) is 128 cm³/mol. The fourth-order valence-electron chi connectivity index (χ4n) is 6.59. The van der Waals surface area contributed by atoms with Gasteiger partial charge in [0, 0.05) is 41.7 Å². The summed E-state index contributed by atoms with van der Waals surface area (Å²) in [6.45, 7) is 2.55. The fourth-order valence-corrected chi connectivity index (χ4v) is 6.59. The van der Waals surface area contributed by atoms with E-state index < -0.39 is 6.10 Å². The van der Waals surface area contributed by atoms with E-state index in [1.807, 2.05) is 42.5 Å². The number of anilines is 1. The van der Waals surface area contributed by atoms with Gasteiger partial charge in [-0.25, -0.2) is 0 Å². The molecule has 2 aromatic rings. The van der Waals surface area contributed by atoms with E-state index in [-0.39, 0.29) is 23.2 Å². The summed E-state index contributed by atoms with van der Waals surface area (Å²) in [5.41, 5.74) is 9.12. The molecule has 0 amide bonds. The third-order valence-corrected chi connectivity index (χ3v) is 7.92. The third-order valence-electron chi connectivity index (χ3n) is 7.92. The maximum Gasteiger partial charge on any atom is 0.193 e. The molecule has 2 aliphatic heterocycles. The highest BCUT2D eigenvalue weighted by Gasteiger charge is 2.64. The summed E-state index contributed by atoms with van der Waals surface area (Å²) in [6.07, 6.45) is 5.86. The van der Waals surface area contributed by atoms with Crippen LogP contribution in [0.1, 0.15) is 24.0 Å². The smallest absolute Gasteiger partial charge is 0.193 e. The Balaban J connectivity index is 1.18. The molecule has 1 saturated heterocycles. The summed E-state index contributed by atoms with van der Waals surface area (Å²) in [7, 11) is 0. The number of aliphatic hydroxyl groups excluding tert-OH is 1. The molecule has 2 aliphatic carbocycles. The van der Waals surface area contributed by atoms with Crippen molar-refractivity contribution in [2.45, 2.75) is 42.9 Å². The van der Waals surface area contributed by atoms with Gasteiger partial charge in [-0.2, -0.15) is 0 Å². The summed E-state index contributed by atoms with van der Waals surface area (Å²) in [5, 5.41) is 24.3. The van der Waals surface area contributed by atoms with E-state index >= 15 is 0 Å². The van der Waals surface area contributed by atoms with Crippen molar-refractivity contribution >= 4 is 11.6 Å². The van der Waals surface area contributed by atoms with Crippen molar-refractivity contribution in [2.75, 3.05) is 25.0 Å². The first-order valence-electron chi connectivity index (χ1n) is 11.8. The summed E-state index contributed by atoms with van der Waals surface area (Å²) >= 11 is 0. The van der Waals surface area contributed by atoms with Gasteiger partial charge in [-0.3, -0.25) is 9.89 Å². The second-order valence-corrected chi connectivity index (χ2v) is 9.60. The molecule has 172 valence electrons. The number of rotatable bonds is 5. The van der Waals surface area contributed by atoms with Gasteiger partial charge in [0.1, 0.15) is 12.2 Å². The highest BCUT2D eigenvalue weighted by molar-refractivity contribution is 5.92. The molecule has 5 N–H and O–H groups in total. The van der Waals surface area contributed by atoms with Crippen molar-refractivity contribution in [3.63, 3.8) is 0 Å². The summed E-state index contributed by atoms with van der Waals surface area (Å²) in [4.78, 5) is 7.07. The van der Waals surface area contributed by atoms with Crippen LogP contribution >= 0.6 is 0 Å². The number of phenolic OH excluding ortho intramolecular Hbond substituents is 1. The van der Waals surface area contributed by atoms with Crippen LogP contribution in [0.15, 0.2) is 59.6 Å². The van der Waals surface area contributed by atoms with Gasteiger partial charge in [0.25, 0.3) is 0 Å². The Morgan fingerprint density at radius 1 is 1.21 bits per heavy atom. The minimum Gasteiger partial charge on any atom is -0.504 e. The average molecular weight is 447 g/mol. The van der Waals surface area contributed by atoms with Crippen LogP contribution < -0.4 is 15.8 Å². The molecule has 7 nitrogen and oxygen atoms in total. The SMILES string of the molecule is NC(=NCCCN1CC[C@]23c4c5ccc(O)c4O[C@H]2[C@@H](O)C=CC3[C@H]1C5)Nc1ccccc1. The Morgan fingerprint density at radius 3 is 2.91 bits per heavy atom. The lowest BCUT2D eigenvalue weighted by Gasteiger charge is -2.57. The maximum atomic E-state index is 10.7. The van der Waals surface area contributed by atoms with E-state index in [9.17, 15) is 10.2 Å². The highest BCUT2D eigenvalue weighted by atomic mass is 16.5. The van der Waals surface area contributed by atoms with Crippen molar-refractivity contribution in [3.05, 3.63) is 65.7 Å². The minimum atomic E-state index is -0.652. The zero-order valence-corrected chi connectivity index (χ0v) is 18.5. The first-order valence-corrected chi connectivity index (χ1v) is 11.8. The van der Waals surface area contributed by atoms with Gasteiger partial charge in [0.2, 0.25) is 0 Å². The Hall–Kier alpha value is -3.03. The molecule has 2 aromatic carbocycles. The number of aliphatic imine (C=N–C) groups is 1. The Bertz CT molecular complexity index is 1120. The number of phenols is 1. The normalized spacial score (nSPS) is 31.7. The van der Waals surface area contributed by atoms with Crippen LogP contribution in [0.2, 0.25) is 0 Å². The number of nitrogens with two attached hydrogens (primary N) is 1.